The zero-order valence-corrected chi connectivity index (χ0v) is 10.6. The van der Waals surface area contributed by atoms with Crippen LogP contribution >= 0.6 is 11.6 Å². The van der Waals surface area contributed by atoms with Crippen LogP contribution in [0.25, 0.3) is 5.65 Å². The van der Waals surface area contributed by atoms with E-state index < -0.39 is 0 Å². The third kappa shape index (κ3) is 2.17. The van der Waals surface area contributed by atoms with E-state index in [1.165, 1.54) is 4.52 Å². The number of nitrogens with zero attached hydrogens (tertiary/aromatic N) is 3. The predicted octanol–water partition coefficient (Wildman–Crippen LogP) is 1.90. The first-order chi connectivity index (χ1) is 9.28. The van der Waals surface area contributed by atoms with Gasteiger partial charge in [0.1, 0.15) is 0 Å². The Morgan fingerprint density at radius 2 is 2.11 bits per heavy atom. The van der Waals surface area contributed by atoms with E-state index in [1.54, 1.807) is 12.1 Å². The van der Waals surface area contributed by atoms with Gasteiger partial charge in [-0.3, -0.25) is 0 Å². The maximum absolute atomic E-state index is 11.4. The highest BCUT2D eigenvalue weighted by Gasteiger charge is 2.05. The summed E-state index contributed by atoms with van der Waals surface area (Å²) in [5.74, 6) is 0.949. The summed E-state index contributed by atoms with van der Waals surface area (Å²) in [4.78, 5) is 11.4. The smallest absolute Gasteiger partial charge is 0.339 e. The van der Waals surface area contributed by atoms with Gasteiger partial charge in [-0.1, -0.05) is 18.2 Å². The lowest BCUT2D eigenvalue weighted by Gasteiger charge is -2.09. The fourth-order valence-corrected chi connectivity index (χ4v) is 2.00. The number of para-hydroxylation sites is 1. The molecule has 7 heteroatoms. The largest absolute Gasteiger partial charge is 0.364 e. The summed E-state index contributed by atoms with van der Waals surface area (Å²) in [6, 6.07) is 11.1. The Hall–Kier alpha value is -2.34. The van der Waals surface area contributed by atoms with Crippen molar-refractivity contribution in [2.75, 3.05) is 5.32 Å². The summed E-state index contributed by atoms with van der Waals surface area (Å²) < 4.78 is 1.20. The van der Waals surface area contributed by atoms with Crippen LogP contribution in [0, 0.1) is 0 Å². The van der Waals surface area contributed by atoms with Crippen molar-refractivity contribution < 1.29 is 0 Å². The van der Waals surface area contributed by atoms with E-state index in [1.807, 2.05) is 24.3 Å². The summed E-state index contributed by atoms with van der Waals surface area (Å²) in [7, 11) is 0. The van der Waals surface area contributed by atoms with Crippen LogP contribution in [0.1, 0.15) is 5.56 Å². The molecule has 3 rings (SSSR count). The van der Waals surface area contributed by atoms with Crippen LogP contribution in [0.3, 0.4) is 0 Å². The van der Waals surface area contributed by atoms with Crippen molar-refractivity contribution in [3.63, 3.8) is 0 Å². The lowest BCUT2D eigenvalue weighted by Crippen LogP contribution is -2.13. The van der Waals surface area contributed by atoms with Gasteiger partial charge in [0.2, 0.25) is 0 Å². The highest BCUT2D eigenvalue weighted by Crippen LogP contribution is 2.20. The Kier molecular flexibility index (Phi) is 2.92. The van der Waals surface area contributed by atoms with E-state index in [2.05, 4.69) is 20.6 Å². The van der Waals surface area contributed by atoms with Crippen LogP contribution in [-0.4, -0.2) is 19.8 Å². The Morgan fingerprint density at radius 1 is 1.26 bits per heavy atom. The summed E-state index contributed by atoms with van der Waals surface area (Å²) in [5, 5.41) is 13.4. The minimum atomic E-state index is -0.371. The van der Waals surface area contributed by atoms with E-state index in [9.17, 15) is 4.79 Å². The molecule has 0 atom stereocenters. The molecule has 0 saturated heterocycles. The zero-order chi connectivity index (χ0) is 13.2. The number of aromatic amines is 1. The average molecular weight is 276 g/mol. The average Bonchev–Trinajstić information content (AvgIpc) is 2.81. The number of fused-ring (bicyclic) bond motifs is 1. The SMILES string of the molecule is O=c1[nH]nc2ccc(Nc3ccccc3CCl)nn12. The van der Waals surface area contributed by atoms with Crippen molar-refractivity contribution in [1.82, 2.24) is 19.8 Å². The topological polar surface area (TPSA) is 75.1 Å². The highest BCUT2D eigenvalue weighted by molar-refractivity contribution is 6.17. The number of aromatic nitrogens is 4. The lowest BCUT2D eigenvalue weighted by molar-refractivity contribution is 0.884. The molecule has 0 spiro atoms. The van der Waals surface area contributed by atoms with Gasteiger partial charge in [-0.05, 0) is 23.8 Å². The normalized spacial score (nSPS) is 10.8. The van der Waals surface area contributed by atoms with Crippen LogP contribution in [0.15, 0.2) is 41.2 Å². The van der Waals surface area contributed by atoms with Crippen molar-refractivity contribution in [2.45, 2.75) is 5.88 Å². The maximum Gasteiger partial charge on any atom is 0.364 e. The number of rotatable bonds is 3. The van der Waals surface area contributed by atoms with Crippen LogP contribution in [0.4, 0.5) is 11.5 Å². The first kappa shape index (κ1) is 11.7. The number of halogens is 1. The fraction of sp³-hybridized carbons (Fsp3) is 0.0833. The fourth-order valence-electron chi connectivity index (χ4n) is 1.77. The Morgan fingerprint density at radius 3 is 2.95 bits per heavy atom. The van der Waals surface area contributed by atoms with Crippen LogP contribution in [-0.2, 0) is 5.88 Å². The van der Waals surface area contributed by atoms with Gasteiger partial charge in [-0.25, -0.2) is 9.89 Å². The second-order valence-corrected chi connectivity index (χ2v) is 4.20. The Bertz CT molecular complexity index is 779. The molecule has 0 bridgehead atoms. The van der Waals surface area contributed by atoms with Gasteiger partial charge in [0, 0.05) is 11.6 Å². The number of benzene rings is 1. The maximum atomic E-state index is 11.4. The summed E-state index contributed by atoms with van der Waals surface area (Å²) >= 11 is 5.87. The monoisotopic (exact) mass is 275 g/mol. The highest BCUT2D eigenvalue weighted by atomic mass is 35.5. The molecule has 2 N–H and O–H groups in total. The third-order valence-electron chi connectivity index (χ3n) is 2.70. The molecule has 0 aliphatic carbocycles. The molecule has 0 radical (unpaired) electrons. The van der Waals surface area contributed by atoms with Crippen molar-refractivity contribution in [2.24, 2.45) is 0 Å². The van der Waals surface area contributed by atoms with Crippen LogP contribution in [0.2, 0.25) is 0 Å². The van der Waals surface area contributed by atoms with Crippen molar-refractivity contribution in [1.29, 1.82) is 0 Å². The van der Waals surface area contributed by atoms with Gasteiger partial charge in [0.15, 0.2) is 11.5 Å². The van der Waals surface area contributed by atoms with E-state index in [0.29, 0.717) is 17.3 Å². The van der Waals surface area contributed by atoms with Gasteiger partial charge < -0.3 is 5.32 Å². The number of nitrogens with one attached hydrogen (secondary N) is 2. The summed E-state index contributed by atoms with van der Waals surface area (Å²) in [5.41, 5.74) is 1.93. The van der Waals surface area contributed by atoms with E-state index >= 15 is 0 Å². The molecule has 0 fully saturated rings. The molecule has 0 amide bonds. The van der Waals surface area contributed by atoms with E-state index in [4.69, 9.17) is 11.6 Å². The number of hydrogen-bond acceptors (Lipinski definition) is 4. The first-order valence-corrected chi connectivity index (χ1v) is 6.17. The zero-order valence-electron chi connectivity index (χ0n) is 9.80. The second-order valence-electron chi connectivity index (χ2n) is 3.93. The van der Waals surface area contributed by atoms with E-state index in [-0.39, 0.29) is 5.69 Å². The number of alkyl halides is 1. The minimum Gasteiger partial charge on any atom is -0.339 e. The quantitative estimate of drug-likeness (QED) is 0.716. The third-order valence-corrected chi connectivity index (χ3v) is 2.99. The summed E-state index contributed by atoms with van der Waals surface area (Å²) in [6.07, 6.45) is 0. The predicted molar refractivity (Wildman–Crippen MR) is 72.9 cm³/mol. The van der Waals surface area contributed by atoms with Gasteiger partial charge in [-0.15, -0.1) is 16.7 Å². The minimum absolute atomic E-state index is 0.371. The second kappa shape index (κ2) is 4.74. The molecule has 2 aromatic heterocycles. The molecule has 0 aliphatic heterocycles. The van der Waals surface area contributed by atoms with Gasteiger partial charge in [0.05, 0.1) is 0 Å². The molecule has 6 nitrogen and oxygen atoms in total. The van der Waals surface area contributed by atoms with Crippen molar-refractivity contribution in [3.05, 3.63) is 52.4 Å². The number of hydrogen-bond donors (Lipinski definition) is 2. The number of H-pyrrole nitrogens is 1. The molecule has 0 unspecified atom stereocenters. The molecular formula is C12H10ClN5O. The molecule has 3 aromatic rings. The molecule has 0 saturated carbocycles. The number of anilines is 2. The van der Waals surface area contributed by atoms with Gasteiger partial charge in [-0.2, -0.15) is 9.61 Å². The molecular weight excluding hydrogens is 266 g/mol. The lowest BCUT2D eigenvalue weighted by atomic mass is 10.2. The van der Waals surface area contributed by atoms with E-state index in [0.717, 1.165) is 11.3 Å². The van der Waals surface area contributed by atoms with Crippen LogP contribution in [0.5, 0.6) is 0 Å². The van der Waals surface area contributed by atoms with Crippen LogP contribution < -0.4 is 11.0 Å². The Balaban J connectivity index is 2.01. The molecule has 0 aliphatic rings. The first-order valence-electron chi connectivity index (χ1n) is 5.63. The van der Waals surface area contributed by atoms with Gasteiger partial charge >= 0.3 is 5.69 Å². The summed E-state index contributed by atoms with van der Waals surface area (Å²) in [6.45, 7) is 0. The molecule has 19 heavy (non-hydrogen) atoms. The molecule has 2 heterocycles. The standard InChI is InChI=1S/C12H10ClN5O/c13-7-8-3-1-2-4-9(8)14-10-5-6-11-15-16-12(19)18(11)17-10/h1-6H,7H2,(H,14,17)(H,16,19). The van der Waals surface area contributed by atoms with Gasteiger partial charge in [0.25, 0.3) is 0 Å². The Labute approximate surface area is 113 Å². The van der Waals surface area contributed by atoms with Crippen molar-refractivity contribution in [3.8, 4) is 0 Å². The van der Waals surface area contributed by atoms with Crippen molar-refractivity contribution >= 4 is 28.8 Å². The molecule has 1 aromatic carbocycles. The molecule has 96 valence electrons.